The van der Waals surface area contributed by atoms with E-state index in [1.54, 1.807) is 6.92 Å². The Morgan fingerprint density at radius 2 is 2.05 bits per heavy atom. The third-order valence-electron chi connectivity index (χ3n) is 2.71. The summed E-state index contributed by atoms with van der Waals surface area (Å²) in [5, 5.41) is 14.0. The van der Waals surface area contributed by atoms with Gasteiger partial charge >= 0.3 is 5.69 Å². The van der Waals surface area contributed by atoms with Gasteiger partial charge < -0.3 is 5.32 Å². The van der Waals surface area contributed by atoms with Crippen LogP contribution in [-0.4, -0.2) is 21.4 Å². The molecule has 0 spiro atoms. The molecular weight excluding hydrogens is 268 g/mol. The summed E-state index contributed by atoms with van der Waals surface area (Å²) >= 11 is 5.72. The van der Waals surface area contributed by atoms with Crippen molar-refractivity contribution < 1.29 is 4.92 Å². The fourth-order valence-corrected chi connectivity index (χ4v) is 1.97. The van der Waals surface area contributed by atoms with Gasteiger partial charge in [-0.25, -0.2) is 4.98 Å². The van der Waals surface area contributed by atoms with E-state index in [1.165, 1.54) is 0 Å². The van der Waals surface area contributed by atoms with Gasteiger partial charge in [-0.1, -0.05) is 26.7 Å². The van der Waals surface area contributed by atoms with E-state index in [0.717, 1.165) is 19.3 Å². The largest absolute Gasteiger partial charge is 0.364 e. The van der Waals surface area contributed by atoms with Crippen molar-refractivity contribution in [2.75, 3.05) is 11.9 Å². The number of unbranched alkanes of at least 4 members (excludes halogenated alkanes) is 1. The maximum atomic E-state index is 11.0. The molecule has 106 valence electrons. The van der Waals surface area contributed by atoms with Gasteiger partial charge in [-0.2, -0.15) is 4.98 Å². The molecule has 0 aromatic carbocycles. The van der Waals surface area contributed by atoms with Crippen LogP contribution in [0.25, 0.3) is 0 Å². The van der Waals surface area contributed by atoms with Crippen molar-refractivity contribution in [3.8, 4) is 0 Å². The lowest BCUT2D eigenvalue weighted by molar-refractivity contribution is -0.385. The lowest BCUT2D eigenvalue weighted by atomic mass is 10.1. The van der Waals surface area contributed by atoms with Crippen LogP contribution in [0, 0.1) is 23.0 Å². The number of halogens is 1. The van der Waals surface area contributed by atoms with E-state index in [0.29, 0.717) is 12.5 Å². The molecule has 1 aromatic heterocycles. The zero-order valence-electron chi connectivity index (χ0n) is 11.4. The molecule has 0 bridgehead atoms. The third kappa shape index (κ3) is 4.98. The van der Waals surface area contributed by atoms with E-state index in [-0.39, 0.29) is 22.5 Å². The van der Waals surface area contributed by atoms with E-state index in [1.807, 2.05) is 0 Å². The van der Waals surface area contributed by atoms with Crippen molar-refractivity contribution in [2.45, 2.75) is 40.0 Å². The number of hydrogen-bond acceptors (Lipinski definition) is 5. The van der Waals surface area contributed by atoms with Gasteiger partial charge in [-0.05, 0) is 30.9 Å². The number of aryl methyl sites for hydroxylation is 1. The number of nitrogens with zero attached hydrogens (tertiary/aromatic N) is 3. The number of hydrogen-bond donors (Lipinski definition) is 1. The maximum Gasteiger partial charge on any atom is 0.332 e. The normalized spacial score (nSPS) is 10.8. The standard InChI is InChI=1S/C12H19ClN4O2/c1-8(2)6-4-5-7-14-11-10(17(18)19)9(3)15-12(13)16-11/h8H,4-7H2,1-3H3,(H,14,15,16). The summed E-state index contributed by atoms with van der Waals surface area (Å²) in [4.78, 5) is 18.2. The first-order valence-electron chi connectivity index (χ1n) is 6.34. The highest BCUT2D eigenvalue weighted by Crippen LogP contribution is 2.26. The third-order valence-corrected chi connectivity index (χ3v) is 2.88. The highest BCUT2D eigenvalue weighted by atomic mass is 35.5. The van der Waals surface area contributed by atoms with E-state index < -0.39 is 4.92 Å². The summed E-state index contributed by atoms with van der Waals surface area (Å²) < 4.78 is 0. The van der Waals surface area contributed by atoms with Gasteiger partial charge in [-0.15, -0.1) is 0 Å². The van der Waals surface area contributed by atoms with Crippen LogP contribution in [0.5, 0.6) is 0 Å². The molecule has 0 saturated carbocycles. The molecule has 1 heterocycles. The number of rotatable bonds is 7. The Hall–Kier alpha value is -1.43. The van der Waals surface area contributed by atoms with Crippen LogP contribution >= 0.6 is 11.6 Å². The molecule has 0 unspecified atom stereocenters. The average Bonchev–Trinajstić information content (AvgIpc) is 2.26. The molecule has 1 rings (SSSR count). The Morgan fingerprint density at radius 3 is 2.63 bits per heavy atom. The van der Waals surface area contributed by atoms with E-state index >= 15 is 0 Å². The Labute approximate surface area is 117 Å². The Balaban J connectivity index is 2.64. The summed E-state index contributed by atoms with van der Waals surface area (Å²) in [6.07, 6.45) is 3.17. The Bertz CT molecular complexity index is 452. The molecule has 0 aliphatic heterocycles. The minimum Gasteiger partial charge on any atom is -0.364 e. The van der Waals surface area contributed by atoms with Crippen LogP contribution in [0.1, 0.15) is 38.8 Å². The minimum absolute atomic E-state index is 0.0211. The highest BCUT2D eigenvalue weighted by Gasteiger charge is 2.21. The molecule has 0 amide bonds. The molecule has 0 aliphatic carbocycles. The summed E-state index contributed by atoms with van der Waals surface area (Å²) in [7, 11) is 0. The maximum absolute atomic E-state index is 11.0. The fourth-order valence-electron chi connectivity index (χ4n) is 1.76. The molecule has 19 heavy (non-hydrogen) atoms. The van der Waals surface area contributed by atoms with Gasteiger partial charge in [0.25, 0.3) is 0 Å². The number of nitro groups is 1. The molecule has 0 saturated heterocycles. The van der Waals surface area contributed by atoms with Crippen LogP contribution in [-0.2, 0) is 0 Å². The second-order valence-electron chi connectivity index (χ2n) is 4.85. The van der Waals surface area contributed by atoms with Crippen LogP contribution in [0.4, 0.5) is 11.5 Å². The lowest BCUT2D eigenvalue weighted by Gasteiger charge is -2.08. The lowest BCUT2D eigenvalue weighted by Crippen LogP contribution is -2.09. The summed E-state index contributed by atoms with van der Waals surface area (Å²) in [5.74, 6) is 0.872. The predicted molar refractivity (Wildman–Crippen MR) is 75.6 cm³/mol. The van der Waals surface area contributed by atoms with E-state index in [2.05, 4.69) is 29.1 Å². The van der Waals surface area contributed by atoms with Crippen molar-refractivity contribution in [3.63, 3.8) is 0 Å². The molecule has 6 nitrogen and oxygen atoms in total. The Kier molecular flexibility index (Phi) is 5.95. The first-order valence-corrected chi connectivity index (χ1v) is 6.72. The zero-order chi connectivity index (χ0) is 14.4. The predicted octanol–water partition coefficient (Wildman–Crippen LogP) is 3.58. The highest BCUT2D eigenvalue weighted by molar-refractivity contribution is 6.28. The quantitative estimate of drug-likeness (QED) is 0.358. The van der Waals surface area contributed by atoms with Gasteiger partial charge in [0.15, 0.2) is 0 Å². The average molecular weight is 287 g/mol. The topological polar surface area (TPSA) is 81.0 Å². The first kappa shape index (κ1) is 15.6. The van der Waals surface area contributed by atoms with Crippen LogP contribution in [0.15, 0.2) is 0 Å². The molecule has 0 atom stereocenters. The zero-order valence-corrected chi connectivity index (χ0v) is 12.2. The van der Waals surface area contributed by atoms with Crippen molar-refractivity contribution >= 4 is 23.1 Å². The SMILES string of the molecule is Cc1nc(Cl)nc(NCCCCC(C)C)c1[N+](=O)[O-]. The van der Waals surface area contributed by atoms with Crippen LogP contribution in [0.2, 0.25) is 5.28 Å². The molecule has 0 radical (unpaired) electrons. The fraction of sp³-hybridized carbons (Fsp3) is 0.667. The van der Waals surface area contributed by atoms with Crippen molar-refractivity contribution in [2.24, 2.45) is 5.92 Å². The Morgan fingerprint density at radius 1 is 1.37 bits per heavy atom. The number of aromatic nitrogens is 2. The van der Waals surface area contributed by atoms with Gasteiger partial charge in [0.05, 0.1) is 4.92 Å². The number of anilines is 1. The van der Waals surface area contributed by atoms with Crippen LogP contribution < -0.4 is 5.32 Å². The van der Waals surface area contributed by atoms with Gasteiger partial charge in [-0.3, -0.25) is 10.1 Å². The van der Waals surface area contributed by atoms with E-state index in [9.17, 15) is 10.1 Å². The summed E-state index contributed by atoms with van der Waals surface area (Å²) in [5.41, 5.74) is 0.169. The van der Waals surface area contributed by atoms with Gasteiger partial charge in [0, 0.05) is 6.54 Å². The van der Waals surface area contributed by atoms with Gasteiger partial charge in [0.2, 0.25) is 11.1 Å². The van der Waals surface area contributed by atoms with Gasteiger partial charge in [0.1, 0.15) is 5.69 Å². The molecule has 7 heteroatoms. The smallest absolute Gasteiger partial charge is 0.332 e. The molecule has 0 aliphatic rings. The second-order valence-corrected chi connectivity index (χ2v) is 5.19. The molecule has 0 fully saturated rings. The molecule has 1 aromatic rings. The van der Waals surface area contributed by atoms with Crippen molar-refractivity contribution in [3.05, 3.63) is 21.1 Å². The monoisotopic (exact) mass is 286 g/mol. The van der Waals surface area contributed by atoms with E-state index in [4.69, 9.17) is 11.6 Å². The summed E-state index contributed by atoms with van der Waals surface area (Å²) in [6, 6.07) is 0. The number of nitrogens with one attached hydrogen (secondary N) is 1. The van der Waals surface area contributed by atoms with Crippen molar-refractivity contribution in [1.82, 2.24) is 9.97 Å². The molecular formula is C12H19ClN4O2. The van der Waals surface area contributed by atoms with Crippen LogP contribution in [0.3, 0.4) is 0 Å². The second kappa shape index (κ2) is 7.23. The molecule has 1 N–H and O–H groups in total. The first-order chi connectivity index (χ1) is 8.91. The minimum atomic E-state index is -0.484. The summed E-state index contributed by atoms with van der Waals surface area (Å²) in [6.45, 7) is 6.54. The van der Waals surface area contributed by atoms with Crippen molar-refractivity contribution in [1.29, 1.82) is 0 Å².